The van der Waals surface area contributed by atoms with E-state index in [2.05, 4.69) is 10.6 Å². The van der Waals surface area contributed by atoms with Crippen LogP contribution in [0.4, 0.5) is 10.5 Å². The number of carbonyl (C=O) groups is 2. The molecule has 1 atom stereocenters. The van der Waals surface area contributed by atoms with Gasteiger partial charge in [0.25, 0.3) is 0 Å². The summed E-state index contributed by atoms with van der Waals surface area (Å²) < 4.78 is 12.0. The van der Waals surface area contributed by atoms with Crippen molar-refractivity contribution in [1.29, 1.82) is 0 Å². The first-order chi connectivity index (χ1) is 16.3. The van der Waals surface area contributed by atoms with Gasteiger partial charge in [0.2, 0.25) is 5.91 Å². The van der Waals surface area contributed by atoms with E-state index in [0.29, 0.717) is 18.6 Å². The molecule has 0 bridgehead atoms. The average Bonchev–Trinajstić information content (AvgIpc) is 2.81. The van der Waals surface area contributed by atoms with Gasteiger partial charge in [-0.15, -0.1) is 0 Å². The number of amides is 2. The van der Waals surface area contributed by atoms with Gasteiger partial charge in [-0.25, -0.2) is 4.79 Å². The number of phenolic OH excluding ortho intramolecular Hbond substituents is 1. The number of rotatable bonds is 8. The minimum Gasteiger partial charge on any atom is -0.506 e. The maximum absolute atomic E-state index is 13.3. The lowest BCUT2D eigenvalue weighted by atomic mass is 10.0. The molecule has 2 amide bonds. The van der Waals surface area contributed by atoms with E-state index in [-0.39, 0.29) is 18.8 Å². The number of benzene rings is 3. The number of carbonyl (C=O) groups excluding carboxylic acids is 2. The van der Waals surface area contributed by atoms with E-state index in [1.54, 1.807) is 24.3 Å². The Kier molecular flexibility index (Phi) is 9.39. The van der Waals surface area contributed by atoms with Gasteiger partial charge in [-0.2, -0.15) is 0 Å². The number of halogens is 2. The van der Waals surface area contributed by atoms with E-state index in [4.69, 9.17) is 9.47 Å². The molecule has 0 aliphatic rings. The molecule has 9 heteroatoms. The van der Waals surface area contributed by atoms with E-state index in [9.17, 15) is 14.7 Å². The highest BCUT2D eigenvalue weighted by Crippen LogP contribution is 2.29. The Morgan fingerprint density at radius 3 is 2.32 bits per heavy atom. The first kappa shape index (κ1) is 26.1. The first-order valence-corrected chi connectivity index (χ1v) is 12.5. The van der Waals surface area contributed by atoms with Crippen molar-refractivity contribution in [2.75, 3.05) is 12.4 Å². The minimum absolute atomic E-state index is 0.0850. The zero-order valence-corrected chi connectivity index (χ0v) is 22.9. The second kappa shape index (κ2) is 12.2. The van der Waals surface area contributed by atoms with Crippen LogP contribution in [-0.2, 0) is 22.6 Å². The van der Waals surface area contributed by atoms with Crippen LogP contribution >= 0.6 is 45.2 Å². The number of phenols is 1. The topological polar surface area (TPSA) is 96.9 Å². The van der Waals surface area contributed by atoms with Crippen LogP contribution in [0.2, 0.25) is 0 Å². The van der Waals surface area contributed by atoms with Crippen molar-refractivity contribution < 1.29 is 24.2 Å². The van der Waals surface area contributed by atoms with Crippen molar-refractivity contribution in [1.82, 2.24) is 5.32 Å². The van der Waals surface area contributed by atoms with Crippen LogP contribution in [0.3, 0.4) is 0 Å². The number of nitrogens with one attached hydrogen (secondary N) is 2. The van der Waals surface area contributed by atoms with Gasteiger partial charge in [-0.1, -0.05) is 36.4 Å². The second-order valence-electron chi connectivity index (χ2n) is 7.56. The predicted molar refractivity (Wildman–Crippen MR) is 147 cm³/mol. The summed E-state index contributed by atoms with van der Waals surface area (Å²) >= 11 is 4.07. The lowest BCUT2D eigenvalue weighted by Crippen LogP contribution is -2.45. The summed E-state index contributed by atoms with van der Waals surface area (Å²) in [5, 5.41) is 15.6. The summed E-state index contributed by atoms with van der Waals surface area (Å²) in [5.74, 6) is 0.280. The van der Waals surface area contributed by atoms with E-state index < -0.39 is 18.0 Å². The molecule has 0 aliphatic carbocycles. The smallest absolute Gasteiger partial charge is 0.408 e. The fraction of sp³-hybridized carbons (Fsp3) is 0.200. The van der Waals surface area contributed by atoms with Gasteiger partial charge in [0.1, 0.15) is 24.1 Å². The van der Waals surface area contributed by atoms with Crippen molar-refractivity contribution in [3.63, 3.8) is 0 Å². The van der Waals surface area contributed by atoms with E-state index >= 15 is 0 Å². The van der Waals surface area contributed by atoms with Crippen LogP contribution in [-0.4, -0.2) is 30.3 Å². The lowest BCUT2D eigenvalue weighted by Gasteiger charge is -2.20. The van der Waals surface area contributed by atoms with Gasteiger partial charge < -0.3 is 25.2 Å². The Morgan fingerprint density at radius 1 is 1.00 bits per heavy atom. The third-order valence-corrected chi connectivity index (χ3v) is 6.60. The van der Waals surface area contributed by atoms with Gasteiger partial charge in [0.05, 0.1) is 19.9 Å². The van der Waals surface area contributed by atoms with E-state index in [0.717, 1.165) is 16.7 Å². The molecule has 7 nitrogen and oxygen atoms in total. The number of anilines is 1. The molecule has 0 saturated carbocycles. The van der Waals surface area contributed by atoms with Gasteiger partial charge >= 0.3 is 6.09 Å². The summed E-state index contributed by atoms with van der Waals surface area (Å²) in [6.07, 6.45) is -0.504. The summed E-state index contributed by atoms with van der Waals surface area (Å²) in [6.45, 7) is 1.99. The molecule has 0 aliphatic heterocycles. The Bertz CT molecular complexity index is 1150. The summed E-state index contributed by atoms with van der Waals surface area (Å²) in [7, 11) is 1.53. The van der Waals surface area contributed by atoms with Crippen LogP contribution in [0, 0.1) is 14.1 Å². The second-order valence-corrected chi connectivity index (χ2v) is 9.89. The molecular formula is C25H24I2N2O5. The molecule has 178 valence electrons. The van der Waals surface area contributed by atoms with Gasteiger partial charge in [0.15, 0.2) is 0 Å². The SMILES string of the molecule is COc1ccc(C)cc1NC(=O)[C@H](Cc1cc(I)c(O)c(I)c1)NC(=O)OCc1ccccc1. The van der Waals surface area contributed by atoms with E-state index in [1.165, 1.54) is 7.11 Å². The number of aromatic hydroxyl groups is 1. The number of hydrogen-bond donors (Lipinski definition) is 3. The van der Waals surface area contributed by atoms with Crippen LogP contribution in [0.25, 0.3) is 0 Å². The molecule has 0 unspecified atom stereocenters. The molecule has 0 aromatic heterocycles. The summed E-state index contributed by atoms with van der Waals surface area (Å²) in [5.41, 5.74) is 3.08. The third-order valence-electron chi connectivity index (χ3n) is 4.95. The van der Waals surface area contributed by atoms with Gasteiger partial charge in [0, 0.05) is 6.42 Å². The number of ether oxygens (including phenoxy) is 2. The van der Waals surface area contributed by atoms with Crippen LogP contribution in [0.1, 0.15) is 16.7 Å². The number of hydrogen-bond acceptors (Lipinski definition) is 5. The Balaban J connectivity index is 1.79. The van der Waals surface area contributed by atoms with Crippen molar-refractivity contribution in [2.24, 2.45) is 0 Å². The van der Waals surface area contributed by atoms with Gasteiger partial charge in [-0.3, -0.25) is 4.79 Å². The molecule has 0 radical (unpaired) electrons. The first-order valence-electron chi connectivity index (χ1n) is 10.4. The monoisotopic (exact) mass is 686 g/mol. The molecular weight excluding hydrogens is 662 g/mol. The summed E-state index contributed by atoms with van der Waals surface area (Å²) in [4.78, 5) is 25.8. The fourth-order valence-corrected chi connectivity index (χ4v) is 5.12. The molecule has 34 heavy (non-hydrogen) atoms. The molecule has 3 aromatic rings. The molecule has 0 fully saturated rings. The van der Waals surface area contributed by atoms with Crippen molar-refractivity contribution >= 4 is 62.9 Å². The van der Waals surface area contributed by atoms with Crippen molar-refractivity contribution in [2.45, 2.75) is 26.0 Å². The highest BCUT2D eigenvalue weighted by Gasteiger charge is 2.24. The largest absolute Gasteiger partial charge is 0.506 e. The zero-order valence-electron chi connectivity index (χ0n) is 18.6. The molecule has 3 aromatic carbocycles. The maximum atomic E-state index is 13.3. The van der Waals surface area contributed by atoms with Gasteiger partial charge in [-0.05, 0) is 93.1 Å². The number of alkyl carbamates (subject to hydrolysis) is 1. The highest BCUT2D eigenvalue weighted by atomic mass is 127. The van der Waals surface area contributed by atoms with E-state index in [1.807, 2.05) is 88.5 Å². The zero-order chi connectivity index (χ0) is 24.7. The Hall–Kier alpha value is -2.54. The van der Waals surface area contributed by atoms with Crippen LogP contribution in [0.15, 0.2) is 60.7 Å². The van der Waals surface area contributed by atoms with Crippen LogP contribution in [0.5, 0.6) is 11.5 Å². The molecule has 0 spiro atoms. The number of aryl methyl sites for hydroxylation is 1. The van der Waals surface area contributed by atoms with Crippen LogP contribution < -0.4 is 15.4 Å². The molecule has 0 heterocycles. The predicted octanol–water partition coefficient (Wildman–Crippen LogP) is 5.39. The third kappa shape index (κ3) is 7.23. The normalized spacial score (nSPS) is 11.4. The van der Waals surface area contributed by atoms with Crippen molar-refractivity contribution in [3.8, 4) is 11.5 Å². The molecule has 3 N–H and O–H groups in total. The molecule has 3 rings (SSSR count). The minimum atomic E-state index is -0.926. The molecule has 0 saturated heterocycles. The Labute approximate surface area is 225 Å². The lowest BCUT2D eigenvalue weighted by molar-refractivity contribution is -0.118. The summed E-state index contributed by atoms with van der Waals surface area (Å²) in [6, 6.07) is 17.4. The number of methoxy groups -OCH3 is 1. The highest BCUT2D eigenvalue weighted by molar-refractivity contribution is 14.1. The van der Waals surface area contributed by atoms with Crippen molar-refractivity contribution in [3.05, 3.63) is 84.5 Å². The Morgan fingerprint density at radius 2 is 1.68 bits per heavy atom. The average molecular weight is 686 g/mol. The quantitative estimate of drug-likeness (QED) is 0.276. The fourth-order valence-electron chi connectivity index (χ4n) is 3.23. The standard InChI is InChI=1S/C25H24I2N2O5/c1-15-8-9-22(33-2)20(10-15)28-24(31)21(13-17-11-18(26)23(30)19(27)12-17)29-25(32)34-14-16-6-4-3-5-7-16/h3-12,21,30H,13-14H2,1-2H3,(H,28,31)(H,29,32)/t21-/m0/s1. The maximum Gasteiger partial charge on any atom is 0.408 e.